The Balaban J connectivity index is 1.31. The van der Waals surface area contributed by atoms with Gasteiger partial charge in [0.15, 0.2) is 11.6 Å². The fraction of sp³-hybridized carbons (Fsp3) is 1.00. The third kappa shape index (κ3) is 2.51. The lowest BCUT2D eigenvalue weighted by molar-refractivity contribution is -0.264. The third-order valence-corrected chi connectivity index (χ3v) is 10.4. The van der Waals surface area contributed by atoms with Crippen molar-refractivity contribution in [3.63, 3.8) is 0 Å². The lowest BCUT2D eigenvalue weighted by atomic mass is 9.44. The van der Waals surface area contributed by atoms with Gasteiger partial charge in [0.2, 0.25) is 0 Å². The van der Waals surface area contributed by atoms with Crippen molar-refractivity contribution < 1.29 is 23.7 Å². The predicted molar refractivity (Wildman–Crippen MR) is 107 cm³/mol. The average Bonchev–Trinajstić information content (AvgIpc) is 3.44. The fourth-order valence-corrected chi connectivity index (χ4v) is 9.19. The molecule has 0 aromatic heterocycles. The monoisotopic (exact) mass is 406 g/mol. The summed E-state index contributed by atoms with van der Waals surface area (Å²) in [6, 6.07) is 0. The van der Waals surface area contributed by atoms with Gasteiger partial charge in [-0.2, -0.15) is 0 Å². The molecule has 2 aliphatic heterocycles. The van der Waals surface area contributed by atoms with Gasteiger partial charge in [0.1, 0.15) is 0 Å². The molecule has 0 N–H and O–H groups in total. The second-order valence-corrected chi connectivity index (χ2v) is 11.1. The third-order valence-electron chi connectivity index (χ3n) is 10.4. The molecule has 0 aromatic carbocycles. The molecule has 164 valence electrons. The predicted octanol–water partition coefficient (Wildman–Crippen LogP) is 4.14. The van der Waals surface area contributed by atoms with Crippen molar-refractivity contribution in [2.45, 2.75) is 76.3 Å². The molecule has 2 saturated heterocycles. The van der Waals surface area contributed by atoms with Gasteiger partial charge in [-0.3, -0.25) is 0 Å². The molecule has 2 heterocycles. The van der Waals surface area contributed by atoms with Gasteiger partial charge in [0.25, 0.3) is 0 Å². The summed E-state index contributed by atoms with van der Waals surface area (Å²) in [6.45, 7) is 6.45. The van der Waals surface area contributed by atoms with Crippen molar-refractivity contribution in [2.24, 2.45) is 34.5 Å². The van der Waals surface area contributed by atoms with Crippen LogP contribution in [0.2, 0.25) is 0 Å². The van der Waals surface area contributed by atoms with E-state index in [1.165, 1.54) is 38.5 Å². The lowest BCUT2D eigenvalue weighted by Gasteiger charge is -2.63. The molecule has 6 fully saturated rings. The number of hydrogen-bond donors (Lipinski definition) is 0. The minimum Gasteiger partial charge on any atom is -0.384 e. The van der Waals surface area contributed by atoms with E-state index in [1.54, 1.807) is 0 Å². The van der Waals surface area contributed by atoms with Crippen LogP contribution in [0.4, 0.5) is 0 Å². The van der Waals surface area contributed by atoms with Crippen LogP contribution in [0.3, 0.4) is 0 Å². The smallest absolute Gasteiger partial charge is 0.174 e. The van der Waals surface area contributed by atoms with Crippen molar-refractivity contribution in [1.82, 2.24) is 0 Å². The minimum absolute atomic E-state index is 0.180. The first-order chi connectivity index (χ1) is 14.1. The van der Waals surface area contributed by atoms with Crippen LogP contribution in [0, 0.1) is 34.5 Å². The van der Waals surface area contributed by atoms with Gasteiger partial charge in [-0.25, -0.2) is 0 Å². The summed E-state index contributed by atoms with van der Waals surface area (Å²) in [4.78, 5) is 0. The highest BCUT2D eigenvalue weighted by atomic mass is 16.7. The summed E-state index contributed by atoms with van der Waals surface area (Å²) < 4.78 is 30.9. The van der Waals surface area contributed by atoms with E-state index in [0.717, 1.165) is 70.1 Å². The zero-order valence-electron chi connectivity index (χ0n) is 18.3. The minimum atomic E-state index is -0.296. The second kappa shape index (κ2) is 6.65. The van der Waals surface area contributed by atoms with Crippen LogP contribution in [-0.2, 0) is 23.7 Å². The number of hydrogen-bond acceptors (Lipinski definition) is 5. The molecule has 6 atom stereocenters. The molecule has 0 radical (unpaired) electrons. The molecule has 5 nitrogen and oxygen atoms in total. The fourth-order valence-electron chi connectivity index (χ4n) is 9.19. The van der Waals surface area contributed by atoms with Crippen LogP contribution in [0.5, 0.6) is 0 Å². The van der Waals surface area contributed by atoms with Crippen LogP contribution < -0.4 is 0 Å². The van der Waals surface area contributed by atoms with Crippen molar-refractivity contribution >= 4 is 0 Å². The molecule has 6 rings (SSSR count). The van der Waals surface area contributed by atoms with Crippen molar-refractivity contribution in [1.29, 1.82) is 0 Å². The van der Waals surface area contributed by atoms with E-state index in [9.17, 15) is 0 Å². The Hall–Kier alpha value is -0.200. The largest absolute Gasteiger partial charge is 0.384 e. The van der Waals surface area contributed by atoms with Gasteiger partial charge < -0.3 is 23.7 Å². The van der Waals surface area contributed by atoms with Gasteiger partial charge in [0.05, 0.1) is 33.0 Å². The SMILES string of the molecule is COCC12CCC3(CC1CCC1C2CCC2(C)C1CCC21OCCO1)OCCO3. The van der Waals surface area contributed by atoms with E-state index in [0.29, 0.717) is 11.3 Å². The van der Waals surface area contributed by atoms with E-state index in [4.69, 9.17) is 23.7 Å². The summed E-state index contributed by atoms with van der Waals surface area (Å²) in [6.07, 6.45) is 10.8. The summed E-state index contributed by atoms with van der Waals surface area (Å²) in [5.74, 6) is 2.34. The zero-order chi connectivity index (χ0) is 19.7. The molecule has 4 aliphatic carbocycles. The van der Waals surface area contributed by atoms with E-state index >= 15 is 0 Å². The van der Waals surface area contributed by atoms with Crippen molar-refractivity contribution in [3.8, 4) is 0 Å². The Morgan fingerprint density at radius 1 is 0.793 bits per heavy atom. The average molecular weight is 407 g/mol. The zero-order valence-corrected chi connectivity index (χ0v) is 18.3. The molecular formula is C24H38O5. The van der Waals surface area contributed by atoms with Crippen LogP contribution >= 0.6 is 0 Å². The van der Waals surface area contributed by atoms with Crippen molar-refractivity contribution in [2.75, 3.05) is 40.1 Å². The van der Waals surface area contributed by atoms with Gasteiger partial charge in [0, 0.05) is 37.2 Å². The Kier molecular flexibility index (Phi) is 4.47. The molecule has 2 spiro atoms. The van der Waals surface area contributed by atoms with Crippen LogP contribution in [0.25, 0.3) is 0 Å². The normalized spacial score (nSPS) is 49.9. The van der Waals surface area contributed by atoms with E-state index in [-0.39, 0.29) is 17.0 Å². The van der Waals surface area contributed by atoms with Gasteiger partial charge in [-0.15, -0.1) is 0 Å². The van der Waals surface area contributed by atoms with E-state index < -0.39 is 0 Å². The number of ether oxygens (including phenoxy) is 5. The van der Waals surface area contributed by atoms with E-state index in [2.05, 4.69) is 6.92 Å². The quantitative estimate of drug-likeness (QED) is 0.690. The lowest BCUT2D eigenvalue weighted by Crippen LogP contribution is -2.60. The van der Waals surface area contributed by atoms with Crippen molar-refractivity contribution in [3.05, 3.63) is 0 Å². The second-order valence-electron chi connectivity index (χ2n) is 11.1. The molecule has 0 amide bonds. The van der Waals surface area contributed by atoms with E-state index in [1.807, 2.05) is 7.11 Å². The molecule has 5 heteroatoms. The summed E-state index contributed by atoms with van der Waals surface area (Å²) in [5, 5.41) is 0. The van der Waals surface area contributed by atoms with Gasteiger partial charge in [-0.1, -0.05) is 6.92 Å². The maximum atomic E-state index is 6.32. The topological polar surface area (TPSA) is 46.2 Å². The summed E-state index contributed by atoms with van der Waals surface area (Å²) >= 11 is 0. The molecule has 0 aromatic rings. The van der Waals surface area contributed by atoms with Gasteiger partial charge in [-0.05, 0) is 62.2 Å². The van der Waals surface area contributed by atoms with Crippen LogP contribution in [-0.4, -0.2) is 51.7 Å². The maximum Gasteiger partial charge on any atom is 0.174 e. The molecule has 6 aliphatic rings. The molecular weight excluding hydrogens is 368 g/mol. The highest BCUT2D eigenvalue weighted by molar-refractivity contribution is 5.14. The number of rotatable bonds is 2. The Morgan fingerprint density at radius 3 is 2.28 bits per heavy atom. The molecule has 4 saturated carbocycles. The summed E-state index contributed by atoms with van der Waals surface area (Å²) in [5.41, 5.74) is 0.478. The molecule has 0 bridgehead atoms. The molecule has 6 unspecified atom stereocenters. The highest BCUT2D eigenvalue weighted by Crippen LogP contribution is 2.70. The Morgan fingerprint density at radius 2 is 1.52 bits per heavy atom. The van der Waals surface area contributed by atoms with Crippen LogP contribution in [0.15, 0.2) is 0 Å². The Bertz CT molecular complexity index is 639. The first-order valence-corrected chi connectivity index (χ1v) is 12.1. The molecule has 29 heavy (non-hydrogen) atoms. The maximum absolute atomic E-state index is 6.32. The van der Waals surface area contributed by atoms with Crippen LogP contribution in [0.1, 0.15) is 64.7 Å². The standard InChI is InChI=1S/C24H38O5/c1-21-7-5-20-18(19(21)6-8-24(21)28-13-14-29-24)4-3-17-15-23(26-11-12-27-23)10-9-22(17,20)16-25-2/h17-20H,3-16H2,1-2H3. The highest BCUT2D eigenvalue weighted by Gasteiger charge is 2.68. The van der Waals surface area contributed by atoms with Gasteiger partial charge >= 0.3 is 0 Å². The number of fused-ring (bicyclic) bond motifs is 6. The Labute approximate surface area is 175 Å². The first kappa shape index (κ1) is 19.5. The first-order valence-electron chi connectivity index (χ1n) is 12.1. The number of methoxy groups -OCH3 is 1. The summed E-state index contributed by atoms with van der Waals surface area (Å²) in [7, 11) is 1.90.